The van der Waals surface area contributed by atoms with Crippen molar-refractivity contribution in [3.05, 3.63) is 76.0 Å². The minimum atomic E-state index is 0.205. The first-order chi connectivity index (χ1) is 16.1. The van der Waals surface area contributed by atoms with Gasteiger partial charge in [0.1, 0.15) is 0 Å². The van der Waals surface area contributed by atoms with Gasteiger partial charge in [0.25, 0.3) is 0 Å². The lowest BCUT2D eigenvalue weighted by molar-refractivity contribution is 0.281. The van der Waals surface area contributed by atoms with Gasteiger partial charge in [-0.1, -0.05) is 49.2 Å². The standard InChI is InChI=1S/C27H34ClN5/c1-3-4-13-32-14-10-20(11-15-32)21-8-9-24-25(17-21)26(29-23-7-5-6-22(28)18-23)12-16-33-27(24)19(2)30-31-33/h5-10,17-18,26,29-31H,3-4,11-16H2,1-2H3. The molecule has 5 rings (SSSR count). The summed E-state index contributed by atoms with van der Waals surface area (Å²) in [6.45, 7) is 8.74. The Hall–Kier alpha value is -2.47. The molecule has 3 aliphatic rings. The van der Waals surface area contributed by atoms with Gasteiger partial charge in [0.05, 0.1) is 17.4 Å². The molecule has 3 heterocycles. The highest BCUT2D eigenvalue weighted by atomic mass is 35.5. The number of halogens is 1. The SMILES string of the molecule is CCCCN1CC=C(c2ccc3c(c2)C(Nc2cccc(Cl)c2)CCN2NNC(C)=C32)CC1. The van der Waals surface area contributed by atoms with Gasteiger partial charge >= 0.3 is 0 Å². The van der Waals surface area contributed by atoms with Gasteiger partial charge in [-0.15, -0.1) is 5.53 Å². The van der Waals surface area contributed by atoms with Crippen LogP contribution < -0.4 is 16.3 Å². The first-order valence-corrected chi connectivity index (χ1v) is 12.6. The molecule has 0 amide bonds. The normalized spacial score (nSPS) is 20.6. The molecule has 2 aromatic rings. The van der Waals surface area contributed by atoms with Crippen LogP contribution in [0.25, 0.3) is 11.3 Å². The van der Waals surface area contributed by atoms with Crippen LogP contribution in [0.5, 0.6) is 0 Å². The average Bonchev–Trinajstić information content (AvgIpc) is 3.12. The molecule has 0 aromatic heterocycles. The zero-order valence-electron chi connectivity index (χ0n) is 19.6. The second kappa shape index (κ2) is 9.80. The number of rotatable bonds is 6. The number of anilines is 1. The molecule has 0 bridgehead atoms. The van der Waals surface area contributed by atoms with Gasteiger partial charge in [-0.2, -0.15) is 0 Å². The lowest BCUT2D eigenvalue weighted by Gasteiger charge is -2.27. The molecule has 1 unspecified atom stereocenters. The Kier molecular flexibility index (Phi) is 6.63. The number of hydrogen-bond acceptors (Lipinski definition) is 5. The highest BCUT2D eigenvalue weighted by Crippen LogP contribution is 2.39. The Balaban J connectivity index is 1.48. The van der Waals surface area contributed by atoms with Crippen molar-refractivity contribution in [1.82, 2.24) is 20.9 Å². The van der Waals surface area contributed by atoms with Gasteiger partial charge in [-0.3, -0.25) is 9.91 Å². The van der Waals surface area contributed by atoms with E-state index < -0.39 is 0 Å². The molecule has 174 valence electrons. The molecule has 0 saturated carbocycles. The maximum absolute atomic E-state index is 6.28. The number of benzene rings is 2. The van der Waals surface area contributed by atoms with Crippen molar-refractivity contribution >= 4 is 28.6 Å². The topological polar surface area (TPSA) is 42.6 Å². The molecule has 0 radical (unpaired) electrons. The first kappa shape index (κ1) is 22.3. The van der Waals surface area contributed by atoms with E-state index in [1.807, 2.05) is 18.2 Å². The summed E-state index contributed by atoms with van der Waals surface area (Å²) in [5.74, 6) is 0. The van der Waals surface area contributed by atoms with E-state index in [9.17, 15) is 0 Å². The molecule has 5 nitrogen and oxygen atoms in total. The second-order valence-corrected chi connectivity index (χ2v) is 9.73. The number of fused-ring (bicyclic) bond motifs is 3. The fraction of sp³-hybridized carbons (Fsp3) is 0.407. The molecule has 6 heteroatoms. The van der Waals surface area contributed by atoms with Crippen LogP contribution in [0.1, 0.15) is 62.3 Å². The van der Waals surface area contributed by atoms with E-state index >= 15 is 0 Å². The number of hydrogen-bond donors (Lipinski definition) is 3. The third-order valence-corrected chi connectivity index (χ3v) is 7.22. The number of hydrazine groups is 2. The van der Waals surface area contributed by atoms with Crippen molar-refractivity contribution in [3.63, 3.8) is 0 Å². The molecule has 3 N–H and O–H groups in total. The van der Waals surface area contributed by atoms with Gasteiger partial charge in [-0.25, -0.2) is 0 Å². The molecule has 0 fully saturated rings. The molecule has 1 atom stereocenters. The van der Waals surface area contributed by atoms with E-state index in [0.717, 1.165) is 48.9 Å². The average molecular weight is 464 g/mol. The third-order valence-electron chi connectivity index (χ3n) is 6.98. The van der Waals surface area contributed by atoms with Crippen LogP contribution in [-0.2, 0) is 0 Å². The summed E-state index contributed by atoms with van der Waals surface area (Å²) >= 11 is 6.28. The molecule has 2 aromatic carbocycles. The summed E-state index contributed by atoms with van der Waals surface area (Å²) in [6, 6.07) is 15.3. The van der Waals surface area contributed by atoms with Gasteiger partial charge in [0, 0.05) is 35.9 Å². The van der Waals surface area contributed by atoms with E-state index in [2.05, 4.69) is 70.4 Å². The minimum absolute atomic E-state index is 0.205. The quantitative estimate of drug-likeness (QED) is 0.505. The summed E-state index contributed by atoms with van der Waals surface area (Å²) in [5, 5.41) is 6.76. The van der Waals surface area contributed by atoms with Gasteiger partial charge < -0.3 is 10.7 Å². The van der Waals surface area contributed by atoms with Gasteiger partial charge in [0.15, 0.2) is 0 Å². The highest BCUT2D eigenvalue weighted by molar-refractivity contribution is 6.30. The molecule has 0 aliphatic carbocycles. The van der Waals surface area contributed by atoms with Crippen LogP contribution in [0, 0.1) is 0 Å². The zero-order valence-corrected chi connectivity index (χ0v) is 20.4. The zero-order chi connectivity index (χ0) is 22.8. The molecule has 0 spiro atoms. The van der Waals surface area contributed by atoms with E-state index in [4.69, 9.17) is 11.6 Å². The van der Waals surface area contributed by atoms with Crippen molar-refractivity contribution in [2.45, 2.75) is 45.6 Å². The predicted octanol–water partition coefficient (Wildman–Crippen LogP) is 5.80. The molecular weight excluding hydrogens is 430 g/mol. The summed E-state index contributed by atoms with van der Waals surface area (Å²) in [6.07, 6.45) is 7.08. The minimum Gasteiger partial charge on any atom is -0.378 e. The van der Waals surface area contributed by atoms with Gasteiger partial charge in [-0.05, 0) is 73.7 Å². The number of nitrogens with zero attached hydrogens (tertiary/aromatic N) is 2. The predicted molar refractivity (Wildman–Crippen MR) is 138 cm³/mol. The molecule has 3 aliphatic heterocycles. The number of unbranched alkanes of at least 4 members (excludes halogenated alkanes) is 1. The Morgan fingerprint density at radius 3 is 2.85 bits per heavy atom. The fourth-order valence-corrected chi connectivity index (χ4v) is 5.34. The van der Waals surface area contributed by atoms with Crippen LogP contribution in [0.2, 0.25) is 5.02 Å². The molecule has 33 heavy (non-hydrogen) atoms. The van der Waals surface area contributed by atoms with E-state index in [1.54, 1.807) is 0 Å². The van der Waals surface area contributed by atoms with Crippen molar-refractivity contribution in [3.8, 4) is 0 Å². The van der Waals surface area contributed by atoms with Crippen molar-refractivity contribution < 1.29 is 0 Å². The molecular formula is C27H34ClN5. The van der Waals surface area contributed by atoms with Crippen LogP contribution in [0.15, 0.2) is 54.2 Å². The van der Waals surface area contributed by atoms with Crippen molar-refractivity contribution in [2.24, 2.45) is 0 Å². The number of allylic oxidation sites excluding steroid dienone is 1. The van der Waals surface area contributed by atoms with Crippen LogP contribution in [-0.4, -0.2) is 36.1 Å². The summed E-state index contributed by atoms with van der Waals surface area (Å²) in [7, 11) is 0. The Morgan fingerprint density at radius 1 is 1.15 bits per heavy atom. The van der Waals surface area contributed by atoms with Crippen molar-refractivity contribution in [2.75, 3.05) is 31.5 Å². The van der Waals surface area contributed by atoms with E-state index in [-0.39, 0.29) is 6.04 Å². The Bertz CT molecular complexity index is 1080. The maximum atomic E-state index is 6.28. The second-order valence-electron chi connectivity index (χ2n) is 9.29. The Morgan fingerprint density at radius 2 is 2.06 bits per heavy atom. The summed E-state index contributed by atoms with van der Waals surface area (Å²) in [4.78, 5) is 2.57. The lowest BCUT2D eigenvalue weighted by atomic mass is 9.90. The smallest absolute Gasteiger partial charge is 0.0814 e. The third kappa shape index (κ3) is 4.77. The summed E-state index contributed by atoms with van der Waals surface area (Å²) in [5.41, 5.74) is 15.6. The van der Waals surface area contributed by atoms with Crippen molar-refractivity contribution in [1.29, 1.82) is 0 Å². The Labute approximate surface area is 202 Å². The lowest BCUT2D eigenvalue weighted by Crippen LogP contribution is -2.37. The first-order valence-electron chi connectivity index (χ1n) is 12.2. The van der Waals surface area contributed by atoms with Crippen LogP contribution in [0.4, 0.5) is 5.69 Å². The van der Waals surface area contributed by atoms with E-state index in [1.165, 1.54) is 47.3 Å². The monoisotopic (exact) mass is 463 g/mol. The van der Waals surface area contributed by atoms with Crippen LogP contribution in [0.3, 0.4) is 0 Å². The molecule has 0 saturated heterocycles. The summed E-state index contributed by atoms with van der Waals surface area (Å²) < 4.78 is 0. The highest BCUT2D eigenvalue weighted by Gasteiger charge is 2.30. The largest absolute Gasteiger partial charge is 0.378 e. The maximum Gasteiger partial charge on any atom is 0.0814 e. The van der Waals surface area contributed by atoms with Gasteiger partial charge in [0.2, 0.25) is 0 Å². The number of nitrogens with one attached hydrogen (secondary N) is 3. The van der Waals surface area contributed by atoms with E-state index in [0.29, 0.717) is 0 Å². The van der Waals surface area contributed by atoms with Crippen LogP contribution >= 0.6 is 11.6 Å². The fourth-order valence-electron chi connectivity index (χ4n) is 5.15.